The van der Waals surface area contributed by atoms with Crippen LogP contribution in [0.3, 0.4) is 0 Å². The number of ether oxygens (including phenoxy) is 1. The molecule has 0 aliphatic carbocycles. The smallest absolute Gasteiger partial charge is 0.264 e. The molecule has 0 aliphatic heterocycles. The Morgan fingerprint density at radius 2 is 1.96 bits per heavy atom. The monoisotopic (exact) mass is 460 g/mol. The van der Waals surface area contributed by atoms with Gasteiger partial charge in [0.25, 0.3) is 5.91 Å². The zero-order valence-corrected chi connectivity index (χ0v) is 17.4. The fourth-order valence-corrected chi connectivity index (χ4v) is 3.70. The topological polar surface area (TPSA) is 84.4 Å². The van der Waals surface area contributed by atoms with Crippen molar-refractivity contribution in [3.63, 3.8) is 0 Å². The van der Waals surface area contributed by atoms with E-state index in [-0.39, 0.29) is 18.4 Å². The van der Waals surface area contributed by atoms with Gasteiger partial charge in [-0.05, 0) is 57.9 Å². The van der Waals surface area contributed by atoms with Crippen LogP contribution in [0.1, 0.15) is 15.2 Å². The summed E-state index contributed by atoms with van der Waals surface area (Å²) in [5.74, 6) is 0.171. The number of hydrogen-bond acceptors (Lipinski definition) is 6. The Balaban J connectivity index is 1.60. The largest absolute Gasteiger partial charge is 0.485 e. The summed E-state index contributed by atoms with van der Waals surface area (Å²) in [5, 5.41) is 2.70. The van der Waals surface area contributed by atoms with Crippen molar-refractivity contribution in [2.24, 2.45) is 0 Å². The lowest BCUT2D eigenvalue weighted by atomic mass is 10.3. The van der Waals surface area contributed by atoms with Crippen LogP contribution in [0.25, 0.3) is 0 Å². The highest BCUT2D eigenvalue weighted by atomic mass is 79.9. The van der Waals surface area contributed by atoms with E-state index < -0.39 is 0 Å². The van der Waals surface area contributed by atoms with E-state index in [1.807, 2.05) is 12.1 Å². The fraction of sp³-hybridized carbons (Fsp3) is 0.158. The number of halogens is 1. The standard InChI is InChI=1S/C19H17BrN4O3S/c1-24(19(26)15-4-5-16(20)28-15)11-17(25)23-18-14(3-2-8-22-18)27-12-13-6-9-21-10-7-13/h2-10H,11-12H2,1H3,(H,22,23,25). The molecule has 3 aromatic heterocycles. The minimum Gasteiger partial charge on any atom is -0.485 e. The number of hydrogen-bond donors (Lipinski definition) is 1. The van der Waals surface area contributed by atoms with Crippen molar-refractivity contribution in [2.45, 2.75) is 6.61 Å². The van der Waals surface area contributed by atoms with Crippen LogP contribution in [0.15, 0.2) is 58.8 Å². The van der Waals surface area contributed by atoms with Gasteiger partial charge in [0, 0.05) is 25.6 Å². The predicted molar refractivity (Wildman–Crippen MR) is 110 cm³/mol. The van der Waals surface area contributed by atoms with E-state index in [9.17, 15) is 9.59 Å². The summed E-state index contributed by atoms with van der Waals surface area (Å²) in [5.41, 5.74) is 0.948. The molecule has 7 nitrogen and oxygen atoms in total. The minimum absolute atomic E-state index is 0.102. The number of rotatable bonds is 7. The van der Waals surface area contributed by atoms with Crippen LogP contribution in [0.2, 0.25) is 0 Å². The molecule has 28 heavy (non-hydrogen) atoms. The SMILES string of the molecule is CN(CC(=O)Nc1ncccc1OCc1ccncc1)C(=O)c1ccc(Br)s1. The second-order valence-electron chi connectivity index (χ2n) is 5.81. The van der Waals surface area contributed by atoms with E-state index in [0.717, 1.165) is 9.35 Å². The van der Waals surface area contributed by atoms with Gasteiger partial charge < -0.3 is 15.0 Å². The van der Waals surface area contributed by atoms with Gasteiger partial charge >= 0.3 is 0 Å². The second-order valence-corrected chi connectivity index (χ2v) is 8.27. The quantitative estimate of drug-likeness (QED) is 0.582. The van der Waals surface area contributed by atoms with Crippen LogP contribution in [0.4, 0.5) is 5.82 Å². The van der Waals surface area contributed by atoms with Crippen molar-refractivity contribution in [2.75, 3.05) is 18.9 Å². The van der Waals surface area contributed by atoms with E-state index >= 15 is 0 Å². The van der Waals surface area contributed by atoms with Gasteiger partial charge in [0.15, 0.2) is 11.6 Å². The van der Waals surface area contributed by atoms with Crippen molar-refractivity contribution < 1.29 is 14.3 Å². The summed E-state index contributed by atoms with van der Waals surface area (Å²) in [6.07, 6.45) is 4.93. The third-order valence-corrected chi connectivity index (χ3v) is 5.30. The molecule has 1 N–H and O–H groups in total. The third kappa shape index (κ3) is 5.37. The van der Waals surface area contributed by atoms with Crippen molar-refractivity contribution >= 4 is 44.9 Å². The van der Waals surface area contributed by atoms with Gasteiger partial charge in [-0.25, -0.2) is 4.98 Å². The Bertz CT molecular complexity index is 965. The van der Waals surface area contributed by atoms with Crippen LogP contribution < -0.4 is 10.1 Å². The molecule has 0 unspecified atom stereocenters. The molecule has 3 heterocycles. The first-order chi connectivity index (χ1) is 13.5. The summed E-state index contributed by atoms with van der Waals surface area (Å²) < 4.78 is 6.62. The maximum absolute atomic E-state index is 12.4. The van der Waals surface area contributed by atoms with Crippen LogP contribution in [0.5, 0.6) is 5.75 Å². The molecule has 144 valence electrons. The first-order valence-electron chi connectivity index (χ1n) is 8.30. The molecule has 0 aliphatic rings. The molecule has 0 saturated carbocycles. The predicted octanol–water partition coefficient (Wildman–Crippen LogP) is 3.59. The van der Waals surface area contributed by atoms with Crippen LogP contribution in [-0.2, 0) is 11.4 Å². The number of aromatic nitrogens is 2. The van der Waals surface area contributed by atoms with E-state index in [2.05, 4.69) is 31.2 Å². The van der Waals surface area contributed by atoms with Gasteiger partial charge in [0.05, 0.1) is 15.2 Å². The third-order valence-electron chi connectivity index (χ3n) is 3.68. The average molecular weight is 461 g/mol. The lowest BCUT2D eigenvalue weighted by molar-refractivity contribution is -0.116. The molecule has 0 saturated heterocycles. The average Bonchev–Trinajstić information content (AvgIpc) is 3.13. The number of thiophene rings is 1. The molecule has 3 rings (SSSR count). The Morgan fingerprint density at radius 3 is 2.68 bits per heavy atom. The fourth-order valence-electron chi connectivity index (χ4n) is 2.32. The van der Waals surface area contributed by atoms with Gasteiger partial charge in [0.2, 0.25) is 5.91 Å². The van der Waals surface area contributed by atoms with E-state index in [1.54, 1.807) is 49.9 Å². The molecule has 0 radical (unpaired) electrons. The van der Waals surface area contributed by atoms with Gasteiger partial charge in [-0.1, -0.05) is 0 Å². The van der Waals surface area contributed by atoms with Gasteiger partial charge in [-0.3, -0.25) is 14.6 Å². The molecule has 9 heteroatoms. The number of carbonyl (C=O) groups excluding carboxylic acids is 2. The molecular formula is C19H17BrN4O3S. The molecule has 0 fully saturated rings. The van der Waals surface area contributed by atoms with Gasteiger partial charge in [-0.15, -0.1) is 11.3 Å². The molecule has 0 spiro atoms. The Kier molecular flexibility index (Phi) is 6.72. The maximum atomic E-state index is 12.4. The summed E-state index contributed by atoms with van der Waals surface area (Å²) in [7, 11) is 1.58. The van der Waals surface area contributed by atoms with E-state index in [4.69, 9.17) is 4.74 Å². The lowest BCUT2D eigenvalue weighted by Crippen LogP contribution is -2.34. The van der Waals surface area contributed by atoms with Crippen LogP contribution in [0, 0.1) is 0 Å². The molecule has 0 bridgehead atoms. The van der Waals surface area contributed by atoms with Crippen LogP contribution in [-0.4, -0.2) is 40.3 Å². The van der Waals surface area contributed by atoms with Crippen molar-refractivity contribution in [3.8, 4) is 5.75 Å². The summed E-state index contributed by atoms with van der Waals surface area (Å²) in [6.45, 7) is 0.220. The van der Waals surface area contributed by atoms with E-state index in [0.29, 0.717) is 23.1 Å². The number of nitrogens with one attached hydrogen (secondary N) is 1. The molecule has 3 aromatic rings. The minimum atomic E-state index is -0.362. The number of nitrogens with zero attached hydrogens (tertiary/aromatic N) is 3. The maximum Gasteiger partial charge on any atom is 0.264 e. The number of carbonyl (C=O) groups is 2. The number of likely N-dealkylation sites (N-methyl/N-ethyl adjacent to an activating group) is 1. The zero-order valence-electron chi connectivity index (χ0n) is 15.0. The molecular weight excluding hydrogens is 444 g/mol. The Morgan fingerprint density at radius 1 is 1.18 bits per heavy atom. The van der Waals surface area contributed by atoms with Gasteiger partial charge in [0.1, 0.15) is 6.61 Å². The number of pyridine rings is 2. The number of anilines is 1. The first kappa shape index (κ1) is 20.0. The van der Waals surface area contributed by atoms with Crippen LogP contribution >= 0.6 is 27.3 Å². The molecule has 2 amide bonds. The van der Waals surface area contributed by atoms with Crippen molar-refractivity contribution in [1.29, 1.82) is 0 Å². The van der Waals surface area contributed by atoms with Gasteiger partial charge in [-0.2, -0.15) is 0 Å². The summed E-state index contributed by atoms with van der Waals surface area (Å²) in [6, 6.07) is 10.7. The highest BCUT2D eigenvalue weighted by Gasteiger charge is 2.18. The van der Waals surface area contributed by atoms with E-state index in [1.165, 1.54) is 16.2 Å². The van der Waals surface area contributed by atoms with Crippen molar-refractivity contribution in [3.05, 3.63) is 69.2 Å². The zero-order chi connectivity index (χ0) is 19.9. The summed E-state index contributed by atoms with van der Waals surface area (Å²) in [4.78, 5) is 34.8. The normalized spacial score (nSPS) is 10.4. The highest BCUT2D eigenvalue weighted by molar-refractivity contribution is 9.11. The van der Waals surface area contributed by atoms with Crippen molar-refractivity contribution in [1.82, 2.24) is 14.9 Å². The first-order valence-corrected chi connectivity index (χ1v) is 9.91. The second kappa shape index (κ2) is 9.43. The Labute approximate surface area is 174 Å². The highest BCUT2D eigenvalue weighted by Crippen LogP contribution is 2.24. The molecule has 0 atom stereocenters. The molecule has 0 aromatic carbocycles. The summed E-state index contributed by atoms with van der Waals surface area (Å²) >= 11 is 4.65. The number of amides is 2. The lowest BCUT2D eigenvalue weighted by Gasteiger charge is -2.16. The Hall–Kier alpha value is -2.78.